The van der Waals surface area contributed by atoms with E-state index in [0.29, 0.717) is 0 Å². The van der Waals surface area contributed by atoms with Gasteiger partial charge < -0.3 is 10.2 Å². The van der Waals surface area contributed by atoms with Crippen LogP contribution < -0.4 is 5.32 Å². The second-order valence-corrected chi connectivity index (χ2v) is 4.44. The van der Waals surface area contributed by atoms with Crippen molar-refractivity contribution in [2.24, 2.45) is 5.92 Å². The van der Waals surface area contributed by atoms with Crippen molar-refractivity contribution in [3.63, 3.8) is 0 Å². The Morgan fingerprint density at radius 2 is 2.13 bits per heavy atom. The average molecular weight is 208 g/mol. The van der Waals surface area contributed by atoms with Gasteiger partial charge in [0.05, 0.1) is 0 Å². The molecule has 1 N–H and O–H groups in total. The number of likely N-dealkylation sites (tertiary alicyclic amines) is 1. The zero-order valence-corrected chi connectivity index (χ0v) is 9.97. The first kappa shape index (κ1) is 12.5. The van der Waals surface area contributed by atoms with E-state index in [4.69, 9.17) is 6.42 Å². The first-order chi connectivity index (χ1) is 7.36. The Labute approximate surface area is 94.4 Å². The van der Waals surface area contributed by atoms with Crippen LogP contribution in [0.15, 0.2) is 0 Å². The van der Waals surface area contributed by atoms with E-state index in [1.807, 2.05) is 0 Å². The van der Waals surface area contributed by atoms with Crippen LogP contribution in [0.4, 0.5) is 0 Å². The Hall–Kier alpha value is -0.520. The summed E-state index contributed by atoms with van der Waals surface area (Å²) in [4.78, 5) is 2.50. The molecule has 0 atom stereocenters. The minimum Gasteiger partial charge on any atom is -0.316 e. The summed E-state index contributed by atoms with van der Waals surface area (Å²) in [6, 6.07) is 0. The van der Waals surface area contributed by atoms with Crippen molar-refractivity contribution in [2.75, 3.05) is 32.7 Å². The predicted molar refractivity (Wildman–Crippen MR) is 65.8 cm³/mol. The topological polar surface area (TPSA) is 15.3 Å². The minimum atomic E-state index is 0.888. The van der Waals surface area contributed by atoms with Crippen LogP contribution in [-0.4, -0.2) is 37.6 Å². The molecule has 0 aromatic heterocycles. The molecule has 0 saturated carbocycles. The van der Waals surface area contributed by atoms with Gasteiger partial charge in [-0.15, -0.1) is 12.3 Å². The van der Waals surface area contributed by atoms with E-state index in [2.05, 4.69) is 23.1 Å². The first-order valence-electron chi connectivity index (χ1n) is 6.23. The van der Waals surface area contributed by atoms with Gasteiger partial charge in [-0.25, -0.2) is 0 Å². The summed E-state index contributed by atoms with van der Waals surface area (Å²) in [6.45, 7) is 8.15. The van der Waals surface area contributed by atoms with Gasteiger partial charge in [-0.1, -0.05) is 6.92 Å². The summed E-state index contributed by atoms with van der Waals surface area (Å²) in [5.74, 6) is 3.60. The molecule has 0 unspecified atom stereocenters. The quantitative estimate of drug-likeness (QED) is 0.528. The summed E-state index contributed by atoms with van der Waals surface area (Å²) in [7, 11) is 0. The van der Waals surface area contributed by atoms with Crippen molar-refractivity contribution >= 4 is 0 Å². The number of hydrogen-bond acceptors (Lipinski definition) is 2. The molecule has 0 radical (unpaired) electrons. The molecule has 1 rings (SSSR count). The first-order valence-corrected chi connectivity index (χ1v) is 6.23. The van der Waals surface area contributed by atoms with Crippen LogP contribution in [0.2, 0.25) is 0 Å². The molecule has 0 bridgehead atoms. The van der Waals surface area contributed by atoms with Crippen molar-refractivity contribution in [3.05, 3.63) is 0 Å². The lowest BCUT2D eigenvalue weighted by Gasteiger charge is -2.31. The van der Waals surface area contributed by atoms with E-state index in [-0.39, 0.29) is 0 Å². The molecule has 1 saturated heterocycles. The van der Waals surface area contributed by atoms with E-state index < -0.39 is 0 Å². The molecule has 0 aromatic carbocycles. The molecule has 0 aromatic rings. The maximum absolute atomic E-state index is 5.27. The standard InChI is InChI=1S/C13H24N2/c1-3-5-9-15-10-6-13(7-11-15)12-14-8-4-2/h1,13-14H,4-12H2,2H3. The van der Waals surface area contributed by atoms with Crippen molar-refractivity contribution in [3.8, 4) is 12.3 Å². The summed E-state index contributed by atoms with van der Waals surface area (Å²) in [5.41, 5.74) is 0. The normalized spacial score (nSPS) is 18.9. The van der Waals surface area contributed by atoms with Gasteiger partial charge in [0, 0.05) is 13.0 Å². The summed E-state index contributed by atoms with van der Waals surface area (Å²) >= 11 is 0. The lowest BCUT2D eigenvalue weighted by molar-refractivity contribution is 0.186. The van der Waals surface area contributed by atoms with Gasteiger partial charge in [0.15, 0.2) is 0 Å². The van der Waals surface area contributed by atoms with Crippen molar-refractivity contribution in [1.82, 2.24) is 10.2 Å². The Morgan fingerprint density at radius 1 is 1.40 bits per heavy atom. The molecular formula is C13H24N2. The Bertz CT molecular complexity index is 187. The van der Waals surface area contributed by atoms with E-state index in [9.17, 15) is 0 Å². The summed E-state index contributed by atoms with van der Waals surface area (Å²) in [5, 5.41) is 3.51. The van der Waals surface area contributed by atoms with Crippen LogP contribution in [0.3, 0.4) is 0 Å². The van der Waals surface area contributed by atoms with Gasteiger partial charge in [-0.3, -0.25) is 0 Å². The molecular weight excluding hydrogens is 184 g/mol. The van der Waals surface area contributed by atoms with Crippen LogP contribution in [0.5, 0.6) is 0 Å². The van der Waals surface area contributed by atoms with Crippen LogP contribution >= 0.6 is 0 Å². The van der Waals surface area contributed by atoms with Crippen LogP contribution in [0.25, 0.3) is 0 Å². The molecule has 2 heteroatoms. The third kappa shape index (κ3) is 5.20. The Kier molecular flexibility index (Phi) is 6.47. The van der Waals surface area contributed by atoms with Gasteiger partial charge in [0.25, 0.3) is 0 Å². The molecule has 1 aliphatic rings. The molecule has 0 amide bonds. The predicted octanol–water partition coefficient (Wildman–Crippen LogP) is 1.72. The van der Waals surface area contributed by atoms with E-state index >= 15 is 0 Å². The third-order valence-corrected chi connectivity index (χ3v) is 3.14. The van der Waals surface area contributed by atoms with Gasteiger partial charge >= 0.3 is 0 Å². The highest BCUT2D eigenvalue weighted by atomic mass is 15.1. The maximum atomic E-state index is 5.27. The summed E-state index contributed by atoms with van der Waals surface area (Å²) in [6.07, 6.45) is 10.1. The highest BCUT2D eigenvalue weighted by Crippen LogP contribution is 2.16. The number of piperidine rings is 1. The smallest absolute Gasteiger partial charge is 0.0214 e. The molecule has 1 heterocycles. The second-order valence-electron chi connectivity index (χ2n) is 4.44. The van der Waals surface area contributed by atoms with Crippen molar-refractivity contribution in [2.45, 2.75) is 32.6 Å². The monoisotopic (exact) mass is 208 g/mol. The zero-order chi connectivity index (χ0) is 10.9. The number of rotatable bonds is 6. The fourth-order valence-corrected chi connectivity index (χ4v) is 2.12. The van der Waals surface area contributed by atoms with Crippen LogP contribution in [0, 0.1) is 18.3 Å². The second kappa shape index (κ2) is 7.73. The highest BCUT2D eigenvalue weighted by molar-refractivity contribution is 4.85. The van der Waals surface area contributed by atoms with E-state index in [0.717, 1.165) is 25.4 Å². The Balaban J connectivity index is 2.05. The molecule has 15 heavy (non-hydrogen) atoms. The Morgan fingerprint density at radius 3 is 2.73 bits per heavy atom. The molecule has 1 fully saturated rings. The highest BCUT2D eigenvalue weighted by Gasteiger charge is 2.17. The van der Waals surface area contributed by atoms with Crippen LogP contribution in [-0.2, 0) is 0 Å². The lowest BCUT2D eigenvalue weighted by atomic mass is 9.96. The van der Waals surface area contributed by atoms with E-state index in [1.54, 1.807) is 0 Å². The molecule has 0 spiro atoms. The SMILES string of the molecule is C#CCCN1CCC(CNCCC)CC1. The fourth-order valence-electron chi connectivity index (χ4n) is 2.12. The number of hydrogen-bond donors (Lipinski definition) is 1. The van der Waals surface area contributed by atoms with Crippen molar-refractivity contribution in [1.29, 1.82) is 0 Å². The van der Waals surface area contributed by atoms with Crippen LogP contribution in [0.1, 0.15) is 32.6 Å². The maximum Gasteiger partial charge on any atom is 0.0214 e. The molecule has 1 aliphatic heterocycles. The minimum absolute atomic E-state index is 0.888. The van der Waals surface area contributed by atoms with Gasteiger partial charge in [0.2, 0.25) is 0 Å². The number of terminal acetylenes is 1. The third-order valence-electron chi connectivity index (χ3n) is 3.14. The summed E-state index contributed by atoms with van der Waals surface area (Å²) < 4.78 is 0. The zero-order valence-electron chi connectivity index (χ0n) is 9.97. The van der Waals surface area contributed by atoms with Gasteiger partial charge in [0.1, 0.15) is 0 Å². The fraction of sp³-hybridized carbons (Fsp3) is 0.846. The largest absolute Gasteiger partial charge is 0.316 e. The van der Waals surface area contributed by atoms with Gasteiger partial charge in [-0.2, -0.15) is 0 Å². The van der Waals surface area contributed by atoms with Gasteiger partial charge in [-0.05, 0) is 51.4 Å². The average Bonchev–Trinajstić information content (AvgIpc) is 2.28. The lowest BCUT2D eigenvalue weighted by Crippen LogP contribution is -2.37. The van der Waals surface area contributed by atoms with Crippen molar-refractivity contribution < 1.29 is 0 Å². The number of nitrogens with one attached hydrogen (secondary N) is 1. The molecule has 86 valence electrons. The molecule has 0 aliphatic carbocycles. The number of nitrogens with zero attached hydrogens (tertiary/aromatic N) is 1. The molecule has 2 nitrogen and oxygen atoms in total. The van der Waals surface area contributed by atoms with E-state index in [1.165, 1.54) is 38.9 Å².